The maximum Gasteiger partial charge on any atom is 0.414 e. The first kappa shape index (κ1) is 9.90. The highest BCUT2D eigenvalue weighted by atomic mass is 16.5. The summed E-state index contributed by atoms with van der Waals surface area (Å²) < 4.78 is 4.67. The second-order valence-corrected chi connectivity index (χ2v) is 2.10. The van der Waals surface area contributed by atoms with Crippen LogP contribution in [-0.2, 0) is 9.53 Å². The van der Waals surface area contributed by atoms with Crippen LogP contribution >= 0.6 is 0 Å². The van der Waals surface area contributed by atoms with E-state index in [2.05, 4.69) is 4.74 Å². The van der Waals surface area contributed by atoms with Crippen molar-refractivity contribution >= 4 is 12.5 Å². The topological polar surface area (TPSA) is 66.8 Å². The Bertz CT molecular complexity index is 148. The van der Waals surface area contributed by atoms with Gasteiger partial charge in [-0.25, -0.2) is 9.69 Å². The van der Waals surface area contributed by atoms with Gasteiger partial charge < -0.3 is 9.84 Å². The largest absolute Gasteiger partial charge is 0.465 e. The van der Waals surface area contributed by atoms with Gasteiger partial charge in [-0.15, -0.1) is 0 Å². The molecule has 0 rings (SSSR count). The van der Waals surface area contributed by atoms with Crippen molar-refractivity contribution in [3.8, 4) is 0 Å². The highest BCUT2D eigenvalue weighted by Gasteiger charge is 2.17. The van der Waals surface area contributed by atoms with Gasteiger partial charge in [-0.05, 0) is 6.92 Å². The third-order valence-corrected chi connectivity index (χ3v) is 1.22. The molecule has 2 amide bonds. The van der Waals surface area contributed by atoms with E-state index in [0.717, 1.165) is 0 Å². The van der Waals surface area contributed by atoms with Crippen LogP contribution in [0.25, 0.3) is 0 Å². The third kappa shape index (κ3) is 2.99. The van der Waals surface area contributed by atoms with Crippen molar-refractivity contribution in [3.05, 3.63) is 0 Å². The van der Waals surface area contributed by atoms with Crippen LogP contribution in [0.15, 0.2) is 0 Å². The summed E-state index contributed by atoms with van der Waals surface area (Å²) in [4.78, 5) is 21.1. The number of carboxylic acid groups (broad SMARTS) is 1. The van der Waals surface area contributed by atoms with E-state index < -0.39 is 12.1 Å². The molecule has 0 aromatic heterocycles. The minimum atomic E-state index is -1.26. The Morgan fingerprint density at radius 3 is 2.64 bits per heavy atom. The van der Waals surface area contributed by atoms with Gasteiger partial charge in [-0.2, -0.15) is 0 Å². The number of carbonyl (C=O) groups excluding carboxylic acids is 1. The SMILES string of the molecule is COC[C@H](C)N(C=O)C(=O)O. The van der Waals surface area contributed by atoms with Gasteiger partial charge in [0.2, 0.25) is 6.41 Å². The van der Waals surface area contributed by atoms with Crippen LogP contribution in [-0.4, -0.2) is 42.3 Å². The number of ether oxygens (including phenoxy) is 1. The first-order valence-electron chi connectivity index (χ1n) is 3.09. The van der Waals surface area contributed by atoms with Crippen molar-refractivity contribution in [2.45, 2.75) is 13.0 Å². The molecule has 0 saturated carbocycles. The Balaban J connectivity index is 4.02. The number of methoxy groups -OCH3 is 1. The fourth-order valence-corrected chi connectivity index (χ4v) is 0.659. The molecule has 0 fully saturated rings. The van der Waals surface area contributed by atoms with Crippen LogP contribution in [0.1, 0.15) is 6.92 Å². The molecule has 1 atom stereocenters. The van der Waals surface area contributed by atoms with Crippen LogP contribution < -0.4 is 0 Å². The molecule has 0 spiro atoms. The summed E-state index contributed by atoms with van der Waals surface area (Å²) in [5.74, 6) is 0. The van der Waals surface area contributed by atoms with Crippen LogP contribution in [0.4, 0.5) is 4.79 Å². The molecule has 0 heterocycles. The molecule has 5 nitrogen and oxygen atoms in total. The summed E-state index contributed by atoms with van der Waals surface area (Å²) in [6, 6.07) is -0.435. The molecule has 64 valence electrons. The molecule has 0 saturated heterocycles. The van der Waals surface area contributed by atoms with E-state index in [4.69, 9.17) is 5.11 Å². The van der Waals surface area contributed by atoms with Gasteiger partial charge in [0.25, 0.3) is 0 Å². The number of nitrogens with zero attached hydrogens (tertiary/aromatic N) is 1. The van der Waals surface area contributed by atoms with E-state index in [9.17, 15) is 9.59 Å². The van der Waals surface area contributed by atoms with Gasteiger partial charge in [0.1, 0.15) is 0 Å². The highest BCUT2D eigenvalue weighted by Crippen LogP contribution is 1.95. The smallest absolute Gasteiger partial charge is 0.414 e. The summed E-state index contributed by atoms with van der Waals surface area (Å²) in [5.41, 5.74) is 0. The normalized spacial score (nSPS) is 12.2. The van der Waals surface area contributed by atoms with Crippen molar-refractivity contribution in [1.29, 1.82) is 0 Å². The fraction of sp³-hybridized carbons (Fsp3) is 0.667. The molecular weight excluding hydrogens is 150 g/mol. The Kier molecular flexibility index (Phi) is 4.21. The van der Waals surface area contributed by atoms with Crippen molar-refractivity contribution in [1.82, 2.24) is 4.90 Å². The van der Waals surface area contributed by atoms with E-state index in [0.29, 0.717) is 4.90 Å². The molecule has 0 bridgehead atoms. The molecule has 0 unspecified atom stereocenters. The lowest BCUT2D eigenvalue weighted by Gasteiger charge is -2.18. The average molecular weight is 161 g/mol. The number of hydrogen-bond acceptors (Lipinski definition) is 3. The number of imide groups is 1. The summed E-state index contributed by atoms with van der Waals surface area (Å²) in [7, 11) is 1.45. The molecule has 5 heteroatoms. The van der Waals surface area contributed by atoms with E-state index >= 15 is 0 Å². The first-order chi connectivity index (χ1) is 5.13. The maximum absolute atomic E-state index is 10.3. The Morgan fingerprint density at radius 1 is 1.82 bits per heavy atom. The lowest BCUT2D eigenvalue weighted by atomic mass is 10.3. The summed E-state index contributed by atoms with van der Waals surface area (Å²) in [6.07, 6.45) is -0.990. The Morgan fingerprint density at radius 2 is 2.36 bits per heavy atom. The summed E-state index contributed by atoms with van der Waals surface area (Å²) >= 11 is 0. The number of carbonyl (C=O) groups is 2. The molecule has 1 N–H and O–H groups in total. The number of rotatable bonds is 4. The van der Waals surface area contributed by atoms with Gasteiger partial charge >= 0.3 is 6.09 Å². The standard InChI is InChI=1S/C6H11NO4/c1-5(3-11-2)7(4-8)6(9)10/h4-5H,3H2,1-2H3,(H,9,10)/t5-/m0/s1. The fourth-order valence-electron chi connectivity index (χ4n) is 0.659. The molecule has 0 aliphatic carbocycles. The van der Waals surface area contributed by atoms with Gasteiger partial charge in [0.15, 0.2) is 0 Å². The average Bonchev–Trinajstić information content (AvgIpc) is 1.88. The number of amides is 2. The monoisotopic (exact) mass is 161 g/mol. The minimum Gasteiger partial charge on any atom is -0.465 e. The molecule has 0 aliphatic heterocycles. The van der Waals surface area contributed by atoms with Gasteiger partial charge in [-0.3, -0.25) is 4.79 Å². The zero-order valence-electron chi connectivity index (χ0n) is 6.48. The van der Waals surface area contributed by atoms with Gasteiger partial charge in [0, 0.05) is 7.11 Å². The maximum atomic E-state index is 10.3. The minimum absolute atomic E-state index is 0.213. The van der Waals surface area contributed by atoms with Crippen LogP contribution in [0, 0.1) is 0 Å². The van der Waals surface area contributed by atoms with Crippen LogP contribution in [0.3, 0.4) is 0 Å². The van der Waals surface area contributed by atoms with Gasteiger partial charge in [0.05, 0.1) is 12.6 Å². The predicted octanol–water partition coefficient (Wildman–Crippen LogP) is 0.158. The third-order valence-electron chi connectivity index (χ3n) is 1.22. The summed E-state index contributed by atoms with van der Waals surface area (Å²) in [6.45, 7) is 1.80. The summed E-state index contributed by atoms with van der Waals surface area (Å²) in [5, 5.41) is 8.41. The van der Waals surface area contributed by atoms with Crippen LogP contribution in [0.2, 0.25) is 0 Å². The van der Waals surface area contributed by atoms with Crippen molar-refractivity contribution in [2.75, 3.05) is 13.7 Å². The second-order valence-electron chi connectivity index (χ2n) is 2.10. The number of hydrogen-bond donors (Lipinski definition) is 1. The first-order valence-corrected chi connectivity index (χ1v) is 3.09. The van der Waals surface area contributed by atoms with Crippen molar-refractivity contribution in [2.24, 2.45) is 0 Å². The zero-order chi connectivity index (χ0) is 8.85. The second kappa shape index (κ2) is 4.68. The predicted molar refractivity (Wildman–Crippen MR) is 37.3 cm³/mol. The Hall–Kier alpha value is -1.10. The molecule has 0 aromatic carbocycles. The quantitative estimate of drug-likeness (QED) is 0.596. The molecule has 0 radical (unpaired) electrons. The lowest BCUT2D eigenvalue weighted by Crippen LogP contribution is -2.38. The lowest BCUT2D eigenvalue weighted by molar-refractivity contribution is -0.118. The van der Waals surface area contributed by atoms with Crippen molar-refractivity contribution < 1.29 is 19.4 Å². The zero-order valence-corrected chi connectivity index (χ0v) is 6.48. The molecule has 0 aliphatic rings. The van der Waals surface area contributed by atoms with Crippen molar-refractivity contribution in [3.63, 3.8) is 0 Å². The molecular formula is C6H11NO4. The van der Waals surface area contributed by atoms with E-state index in [-0.39, 0.29) is 13.0 Å². The van der Waals surface area contributed by atoms with E-state index in [1.54, 1.807) is 6.92 Å². The Labute approximate surface area is 64.6 Å². The van der Waals surface area contributed by atoms with E-state index in [1.165, 1.54) is 7.11 Å². The van der Waals surface area contributed by atoms with E-state index in [1.807, 2.05) is 0 Å². The molecule has 11 heavy (non-hydrogen) atoms. The molecule has 0 aromatic rings. The van der Waals surface area contributed by atoms with Crippen LogP contribution in [0.5, 0.6) is 0 Å². The highest BCUT2D eigenvalue weighted by molar-refractivity contribution is 5.79. The van der Waals surface area contributed by atoms with Gasteiger partial charge in [-0.1, -0.05) is 0 Å².